The van der Waals surface area contributed by atoms with Gasteiger partial charge in [0, 0.05) is 17.8 Å². The van der Waals surface area contributed by atoms with Crippen molar-refractivity contribution in [2.75, 3.05) is 18.5 Å². The molecule has 0 aliphatic heterocycles. The van der Waals surface area contributed by atoms with E-state index in [9.17, 15) is 4.79 Å². The normalized spacial score (nSPS) is 16.9. The number of fused-ring (bicyclic) bond motifs is 3. The molecular weight excluding hydrogens is 322 g/mol. The van der Waals surface area contributed by atoms with Crippen molar-refractivity contribution in [2.24, 2.45) is 5.92 Å². The van der Waals surface area contributed by atoms with Gasteiger partial charge in [0.25, 0.3) is 0 Å². The lowest BCUT2D eigenvalue weighted by Crippen LogP contribution is -2.11. The molecular formula is C18H25N3O2S. The van der Waals surface area contributed by atoms with Crippen molar-refractivity contribution >= 4 is 33.3 Å². The second-order valence-electron chi connectivity index (χ2n) is 6.49. The predicted molar refractivity (Wildman–Crippen MR) is 97.7 cm³/mol. The quantitative estimate of drug-likeness (QED) is 0.634. The highest BCUT2D eigenvalue weighted by molar-refractivity contribution is 7.19. The lowest BCUT2D eigenvalue weighted by Gasteiger charge is -2.18. The second kappa shape index (κ2) is 7.47. The van der Waals surface area contributed by atoms with Crippen LogP contribution in [-0.4, -0.2) is 29.1 Å². The van der Waals surface area contributed by atoms with Crippen LogP contribution >= 0.6 is 11.3 Å². The van der Waals surface area contributed by atoms with Gasteiger partial charge in [-0.2, -0.15) is 0 Å². The fourth-order valence-electron chi connectivity index (χ4n) is 3.25. The van der Waals surface area contributed by atoms with Gasteiger partial charge in [0.05, 0.1) is 12.0 Å². The SMILES string of the molecule is CCOC(=O)CCCNc1nc(C)nc2sc3c(c12)CCC(C)C3. The number of nitrogens with zero attached hydrogens (tertiary/aromatic N) is 2. The number of ether oxygens (including phenoxy) is 1. The van der Waals surface area contributed by atoms with E-state index in [0.29, 0.717) is 19.6 Å². The van der Waals surface area contributed by atoms with E-state index in [1.165, 1.54) is 22.2 Å². The van der Waals surface area contributed by atoms with Gasteiger partial charge >= 0.3 is 5.97 Å². The molecule has 6 heteroatoms. The van der Waals surface area contributed by atoms with E-state index in [4.69, 9.17) is 4.74 Å². The first kappa shape index (κ1) is 17.1. The molecule has 0 amide bonds. The number of aryl methyl sites for hydroxylation is 2. The Morgan fingerprint density at radius 2 is 2.25 bits per heavy atom. The zero-order valence-corrected chi connectivity index (χ0v) is 15.5. The number of carbonyl (C=O) groups excluding carboxylic acids is 1. The molecule has 0 aromatic carbocycles. The van der Waals surface area contributed by atoms with Crippen LogP contribution in [0.25, 0.3) is 10.2 Å². The molecule has 2 aromatic rings. The molecule has 1 unspecified atom stereocenters. The Hall–Kier alpha value is -1.69. The molecule has 1 atom stereocenters. The van der Waals surface area contributed by atoms with E-state index in [2.05, 4.69) is 22.2 Å². The smallest absolute Gasteiger partial charge is 0.305 e. The monoisotopic (exact) mass is 347 g/mol. The largest absolute Gasteiger partial charge is 0.466 e. The summed E-state index contributed by atoms with van der Waals surface area (Å²) in [5, 5.41) is 4.62. The van der Waals surface area contributed by atoms with Gasteiger partial charge in [-0.1, -0.05) is 6.92 Å². The number of rotatable bonds is 6. The van der Waals surface area contributed by atoms with E-state index in [1.54, 1.807) is 0 Å². The van der Waals surface area contributed by atoms with Crippen LogP contribution in [0, 0.1) is 12.8 Å². The minimum absolute atomic E-state index is 0.134. The summed E-state index contributed by atoms with van der Waals surface area (Å²) in [6.45, 7) is 7.24. The predicted octanol–water partition coefficient (Wildman–Crippen LogP) is 3.88. The molecule has 1 N–H and O–H groups in total. The van der Waals surface area contributed by atoms with Crippen LogP contribution in [0.15, 0.2) is 0 Å². The summed E-state index contributed by atoms with van der Waals surface area (Å²) >= 11 is 1.82. The molecule has 0 fully saturated rings. The van der Waals surface area contributed by atoms with Crippen LogP contribution in [0.5, 0.6) is 0 Å². The van der Waals surface area contributed by atoms with Crippen LogP contribution in [0.4, 0.5) is 5.82 Å². The minimum Gasteiger partial charge on any atom is -0.466 e. The Balaban J connectivity index is 1.76. The summed E-state index contributed by atoms with van der Waals surface area (Å²) < 4.78 is 4.96. The van der Waals surface area contributed by atoms with Gasteiger partial charge in [-0.15, -0.1) is 11.3 Å². The Bertz CT molecular complexity index is 741. The molecule has 130 valence electrons. The number of hydrogen-bond acceptors (Lipinski definition) is 6. The van der Waals surface area contributed by atoms with Gasteiger partial charge in [0.1, 0.15) is 16.5 Å². The number of anilines is 1. The number of esters is 1. The maximum absolute atomic E-state index is 11.4. The van der Waals surface area contributed by atoms with Crippen molar-refractivity contribution in [3.8, 4) is 0 Å². The average Bonchev–Trinajstić information content (AvgIpc) is 2.88. The first-order valence-corrected chi connectivity index (χ1v) is 9.58. The number of aromatic nitrogens is 2. The van der Waals surface area contributed by atoms with Gasteiger partial charge in [-0.3, -0.25) is 4.79 Å². The molecule has 1 aliphatic rings. The van der Waals surface area contributed by atoms with E-state index >= 15 is 0 Å². The highest BCUT2D eigenvalue weighted by Gasteiger charge is 2.23. The zero-order chi connectivity index (χ0) is 17.1. The molecule has 0 saturated carbocycles. The van der Waals surface area contributed by atoms with Crippen molar-refractivity contribution in [1.29, 1.82) is 0 Å². The van der Waals surface area contributed by atoms with Crippen molar-refractivity contribution in [2.45, 2.75) is 52.9 Å². The first-order chi connectivity index (χ1) is 11.6. The summed E-state index contributed by atoms with van der Waals surface area (Å²) in [6, 6.07) is 0. The van der Waals surface area contributed by atoms with Gasteiger partial charge in [0.2, 0.25) is 0 Å². The van der Waals surface area contributed by atoms with Crippen LogP contribution < -0.4 is 5.32 Å². The van der Waals surface area contributed by atoms with Gasteiger partial charge < -0.3 is 10.1 Å². The lowest BCUT2D eigenvalue weighted by molar-refractivity contribution is -0.143. The number of nitrogens with one attached hydrogen (secondary N) is 1. The Labute approximate surface area is 146 Å². The Morgan fingerprint density at radius 1 is 1.42 bits per heavy atom. The van der Waals surface area contributed by atoms with Gasteiger partial charge in [0.15, 0.2) is 0 Å². The maximum atomic E-state index is 11.4. The van der Waals surface area contributed by atoms with Crippen molar-refractivity contribution in [3.05, 3.63) is 16.3 Å². The average molecular weight is 347 g/mol. The second-order valence-corrected chi connectivity index (χ2v) is 7.57. The molecule has 24 heavy (non-hydrogen) atoms. The van der Waals surface area contributed by atoms with Crippen LogP contribution in [-0.2, 0) is 22.4 Å². The summed E-state index contributed by atoms with van der Waals surface area (Å²) in [5.41, 5.74) is 1.43. The standard InChI is InChI=1S/C18H25N3O2S/c1-4-23-15(22)6-5-9-19-17-16-13-8-7-11(2)10-14(13)24-18(16)21-12(3)20-17/h11H,4-10H2,1-3H3,(H,19,20,21). The number of carbonyl (C=O) groups is 1. The Kier molecular flexibility index (Phi) is 5.33. The molecule has 0 bridgehead atoms. The van der Waals surface area contributed by atoms with Crippen LogP contribution in [0.3, 0.4) is 0 Å². The Morgan fingerprint density at radius 3 is 3.04 bits per heavy atom. The summed E-state index contributed by atoms with van der Waals surface area (Å²) in [7, 11) is 0. The molecule has 5 nitrogen and oxygen atoms in total. The van der Waals surface area contributed by atoms with E-state index < -0.39 is 0 Å². The zero-order valence-electron chi connectivity index (χ0n) is 14.6. The van der Waals surface area contributed by atoms with E-state index in [0.717, 1.165) is 41.7 Å². The number of thiophene rings is 1. The summed E-state index contributed by atoms with van der Waals surface area (Å²) in [5.74, 6) is 2.33. The van der Waals surface area contributed by atoms with Gasteiger partial charge in [-0.25, -0.2) is 9.97 Å². The number of hydrogen-bond donors (Lipinski definition) is 1. The fraction of sp³-hybridized carbons (Fsp3) is 0.611. The third-order valence-electron chi connectivity index (χ3n) is 4.42. The van der Waals surface area contributed by atoms with Crippen LogP contribution in [0.2, 0.25) is 0 Å². The third-order valence-corrected chi connectivity index (χ3v) is 5.57. The topological polar surface area (TPSA) is 64.1 Å². The molecule has 3 rings (SSSR count). The minimum atomic E-state index is -0.134. The van der Waals surface area contributed by atoms with Crippen molar-refractivity contribution in [3.63, 3.8) is 0 Å². The highest BCUT2D eigenvalue weighted by Crippen LogP contribution is 2.39. The molecule has 0 radical (unpaired) electrons. The van der Waals surface area contributed by atoms with E-state index in [1.807, 2.05) is 25.2 Å². The molecule has 2 heterocycles. The maximum Gasteiger partial charge on any atom is 0.305 e. The molecule has 1 aliphatic carbocycles. The van der Waals surface area contributed by atoms with E-state index in [-0.39, 0.29) is 5.97 Å². The summed E-state index contributed by atoms with van der Waals surface area (Å²) in [6.07, 6.45) is 4.67. The summed E-state index contributed by atoms with van der Waals surface area (Å²) in [4.78, 5) is 23.3. The van der Waals surface area contributed by atoms with Crippen molar-refractivity contribution < 1.29 is 9.53 Å². The highest BCUT2D eigenvalue weighted by atomic mass is 32.1. The third kappa shape index (κ3) is 3.69. The molecule has 0 spiro atoms. The van der Waals surface area contributed by atoms with Crippen LogP contribution in [0.1, 0.15) is 49.4 Å². The fourth-order valence-corrected chi connectivity index (χ4v) is 4.68. The first-order valence-electron chi connectivity index (χ1n) is 8.76. The molecule has 2 aromatic heterocycles. The van der Waals surface area contributed by atoms with Crippen molar-refractivity contribution in [1.82, 2.24) is 9.97 Å². The lowest BCUT2D eigenvalue weighted by atomic mass is 9.89. The van der Waals surface area contributed by atoms with Gasteiger partial charge in [-0.05, 0) is 51.0 Å². The molecule has 0 saturated heterocycles.